The summed E-state index contributed by atoms with van der Waals surface area (Å²) in [6.45, 7) is 1.73. The van der Waals surface area contributed by atoms with Crippen LogP contribution in [-0.2, 0) is 9.47 Å². The molecule has 4 bridgehead atoms. The van der Waals surface area contributed by atoms with E-state index in [0.29, 0.717) is 49.6 Å². The van der Waals surface area contributed by atoms with Crippen LogP contribution < -0.4 is 5.32 Å². The lowest BCUT2D eigenvalue weighted by molar-refractivity contribution is -0.129. The normalized spacial score (nSPS) is 32.8. The predicted octanol–water partition coefficient (Wildman–Crippen LogP) is 2.45. The minimum absolute atomic E-state index is 0.0185. The molecule has 5 fully saturated rings. The molecule has 37 heavy (non-hydrogen) atoms. The fraction of sp³-hybridized carbons (Fsp3) is 0.615. The number of rotatable bonds is 6. The molecule has 196 valence electrons. The van der Waals surface area contributed by atoms with Crippen molar-refractivity contribution in [2.24, 2.45) is 17.8 Å². The molecule has 0 radical (unpaired) electrons. The molecule has 0 spiro atoms. The molecule has 4 saturated carbocycles. The Balaban J connectivity index is 1.18. The van der Waals surface area contributed by atoms with Crippen LogP contribution in [-0.4, -0.2) is 87.2 Å². The Hall–Kier alpha value is -3.02. The zero-order chi connectivity index (χ0) is 25.1. The van der Waals surface area contributed by atoms with Crippen molar-refractivity contribution in [2.45, 2.75) is 49.9 Å². The minimum Gasteiger partial charge on any atom is -0.390 e. The number of morpholine rings is 1. The summed E-state index contributed by atoms with van der Waals surface area (Å²) in [6.07, 6.45) is 8.34. The van der Waals surface area contributed by atoms with Gasteiger partial charge in [0, 0.05) is 44.0 Å². The molecule has 1 saturated heterocycles. The summed E-state index contributed by atoms with van der Waals surface area (Å²) in [7, 11) is 1.61. The van der Waals surface area contributed by atoms with Gasteiger partial charge in [-0.3, -0.25) is 4.79 Å². The van der Waals surface area contributed by atoms with Gasteiger partial charge in [0.15, 0.2) is 0 Å². The van der Waals surface area contributed by atoms with Crippen molar-refractivity contribution in [3.8, 4) is 11.5 Å². The lowest BCUT2D eigenvalue weighted by Crippen LogP contribution is -2.59. The first-order valence-electron chi connectivity index (χ1n) is 13.2. The fourth-order valence-electron chi connectivity index (χ4n) is 7.46. The van der Waals surface area contributed by atoms with Gasteiger partial charge in [0.2, 0.25) is 0 Å². The quantitative estimate of drug-likeness (QED) is 0.458. The summed E-state index contributed by atoms with van der Waals surface area (Å²) in [5, 5.41) is 19.8. The number of nitrogens with one attached hydrogen (secondary N) is 2. The van der Waals surface area contributed by atoms with E-state index < -0.39 is 5.60 Å². The van der Waals surface area contributed by atoms with E-state index in [-0.39, 0.29) is 29.8 Å². The number of pyridine rings is 1. The molecule has 8 rings (SSSR count). The number of fused-ring (bicyclic) bond motifs is 1. The number of nitrogens with zero attached hydrogens (tertiary/aromatic N) is 4. The molecule has 11 heteroatoms. The van der Waals surface area contributed by atoms with Crippen LogP contribution in [0.1, 0.15) is 42.7 Å². The second-order valence-corrected chi connectivity index (χ2v) is 11.3. The summed E-state index contributed by atoms with van der Waals surface area (Å²) in [4.78, 5) is 27.1. The zero-order valence-corrected chi connectivity index (χ0v) is 20.9. The van der Waals surface area contributed by atoms with E-state index in [0.717, 1.165) is 48.8 Å². The molecular weight excluding hydrogens is 476 g/mol. The Kier molecular flexibility index (Phi) is 5.49. The standard InChI is InChI=1S/C26H32N6O5/c1-35-13-17-12-32(4-5-36-17)25(33)23-30-24(37-31-23)19-11-28-22-18(2-3-27-22)21(19)29-20-15-6-14-7-16(20)10-26(34,8-14)9-15/h2-3,11,14-17,20,34H,4-10,12-13H2,1H3,(H2,27,28,29)/t14?,15-,16+,17-,20?,26?/m0/s1. The Morgan fingerprint density at radius 3 is 2.95 bits per heavy atom. The molecule has 6 atom stereocenters. The maximum Gasteiger partial charge on any atom is 0.295 e. The lowest BCUT2D eigenvalue weighted by Gasteiger charge is -2.58. The molecule has 4 heterocycles. The Morgan fingerprint density at radius 1 is 1.32 bits per heavy atom. The molecule has 1 aliphatic heterocycles. The number of anilines is 1. The minimum atomic E-state index is -0.497. The van der Waals surface area contributed by atoms with Crippen molar-refractivity contribution in [3.63, 3.8) is 0 Å². The van der Waals surface area contributed by atoms with Crippen molar-refractivity contribution < 1.29 is 23.9 Å². The van der Waals surface area contributed by atoms with Crippen LogP contribution in [0.3, 0.4) is 0 Å². The molecule has 4 aliphatic carbocycles. The highest BCUT2D eigenvalue weighted by molar-refractivity contribution is 5.97. The molecular formula is C26H32N6O5. The maximum absolute atomic E-state index is 13.1. The van der Waals surface area contributed by atoms with Gasteiger partial charge in [0.05, 0.1) is 36.2 Å². The first-order chi connectivity index (χ1) is 18.0. The summed E-state index contributed by atoms with van der Waals surface area (Å²) < 4.78 is 16.5. The highest BCUT2D eigenvalue weighted by atomic mass is 16.5. The molecule has 3 aromatic heterocycles. The Bertz CT molecular complexity index is 1300. The van der Waals surface area contributed by atoms with Gasteiger partial charge in [0.25, 0.3) is 17.6 Å². The number of hydrogen-bond donors (Lipinski definition) is 3. The van der Waals surface area contributed by atoms with Gasteiger partial charge in [-0.15, -0.1) is 0 Å². The van der Waals surface area contributed by atoms with Crippen LogP contribution in [0.25, 0.3) is 22.5 Å². The first kappa shape index (κ1) is 23.1. The number of hydrogen-bond acceptors (Lipinski definition) is 9. The number of carbonyl (C=O) groups is 1. The third-order valence-corrected chi connectivity index (χ3v) is 8.76. The van der Waals surface area contributed by atoms with E-state index in [2.05, 4.69) is 25.4 Å². The first-order valence-corrected chi connectivity index (χ1v) is 13.2. The lowest BCUT2D eigenvalue weighted by atomic mass is 9.52. The van der Waals surface area contributed by atoms with Gasteiger partial charge in [-0.1, -0.05) is 5.16 Å². The predicted molar refractivity (Wildman–Crippen MR) is 133 cm³/mol. The zero-order valence-electron chi connectivity index (χ0n) is 20.9. The molecule has 11 nitrogen and oxygen atoms in total. The monoisotopic (exact) mass is 508 g/mol. The highest BCUT2D eigenvalue weighted by Crippen LogP contribution is 2.56. The van der Waals surface area contributed by atoms with Crippen LogP contribution >= 0.6 is 0 Å². The van der Waals surface area contributed by atoms with Gasteiger partial charge in [-0.05, 0) is 55.9 Å². The summed E-state index contributed by atoms with van der Waals surface area (Å²) in [5.74, 6) is 1.45. The third kappa shape index (κ3) is 4.00. The SMILES string of the molecule is COC[C@@H]1CN(C(=O)c2noc(-c3cnc4[nH]ccc4c3NC3[C@@H]4CC5C[C@H]3CC(O)(C5)C4)n2)CCO1. The van der Waals surface area contributed by atoms with Crippen LogP contribution in [0, 0.1) is 17.8 Å². The molecule has 3 unspecified atom stereocenters. The second kappa shape index (κ2) is 8.78. The molecule has 1 amide bonds. The van der Waals surface area contributed by atoms with Gasteiger partial charge in [0.1, 0.15) is 5.65 Å². The van der Waals surface area contributed by atoms with Crippen molar-refractivity contribution in [3.05, 3.63) is 24.3 Å². The van der Waals surface area contributed by atoms with Crippen LogP contribution in [0.2, 0.25) is 0 Å². The number of ether oxygens (including phenoxy) is 2. The Morgan fingerprint density at radius 2 is 2.16 bits per heavy atom. The molecule has 0 aromatic carbocycles. The van der Waals surface area contributed by atoms with Gasteiger partial charge in [-0.25, -0.2) is 4.98 Å². The topological polar surface area (TPSA) is 139 Å². The van der Waals surface area contributed by atoms with Crippen molar-refractivity contribution >= 4 is 22.6 Å². The number of methoxy groups -OCH3 is 1. The molecule has 3 N–H and O–H groups in total. The van der Waals surface area contributed by atoms with Gasteiger partial charge < -0.3 is 34.3 Å². The van der Waals surface area contributed by atoms with Crippen molar-refractivity contribution in [1.82, 2.24) is 25.0 Å². The number of aromatic amines is 1. The van der Waals surface area contributed by atoms with E-state index in [4.69, 9.17) is 14.0 Å². The van der Waals surface area contributed by atoms with E-state index in [1.165, 1.54) is 0 Å². The number of amides is 1. The van der Waals surface area contributed by atoms with Crippen LogP contribution in [0.5, 0.6) is 0 Å². The van der Waals surface area contributed by atoms with Crippen molar-refractivity contribution in [2.75, 3.05) is 38.7 Å². The maximum atomic E-state index is 13.1. The van der Waals surface area contributed by atoms with Gasteiger partial charge in [-0.2, -0.15) is 4.98 Å². The fourth-order valence-corrected chi connectivity index (χ4v) is 7.46. The number of aromatic nitrogens is 4. The Labute approximate surface area is 213 Å². The molecule has 5 aliphatic rings. The summed E-state index contributed by atoms with van der Waals surface area (Å²) in [5.41, 5.74) is 1.82. The molecule has 3 aromatic rings. The van der Waals surface area contributed by atoms with E-state index in [1.807, 2.05) is 12.3 Å². The van der Waals surface area contributed by atoms with E-state index in [1.54, 1.807) is 18.2 Å². The number of carbonyl (C=O) groups excluding carboxylic acids is 1. The smallest absolute Gasteiger partial charge is 0.295 e. The van der Waals surface area contributed by atoms with Gasteiger partial charge >= 0.3 is 0 Å². The number of aliphatic hydroxyl groups is 1. The van der Waals surface area contributed by atoms with Crippen LogP contribution in [0.15, 0.2) is 23.0 Å². The van der Waals surface area contributed by atoms with Crippen LogP contribution in [0.4, 0.5) is 5.69 Å². The highest BCUT2D eigenvalue weighted by Gasteiger charge is 2.54. The second-order valence-electron chi connectivity index (χ2n) is 11.3. The largest absolute Gasteiger partial charge is 0.390 e. The van der Waals surface area contributed by atoms with E-state index in [9.17, 15) is 9.90 Å². The summed E-state index contributed by atoms with van der Waals surface area (Å²) in [6, 6.07) is 2.25. The average molecular weight is 509 g/mol. The van der Waals surface area contributed by atoms with E-state index >= 15 is 0 Å². The summed E-state index contributed by atoms with van der Waals surface area (Å²) >= 11 is 0. The average Bonchev–Trinajstić information content (AvgIpc) is 3.55. The number of H-pyrrole nitrogens is 1. The third-order valence-electron chi connectivity index (χ3n) is 8.76. The van der Waals surface area contributed by atoms with Crippen molar-refractivity contribution in [1.29, 1.82) is 0 Å².